The van der Waals surface area contributed by atoms with Crippen LogP contribution in [0, 0.1) is 0 Å². The number of tetrazole rings is 1. The van der Waals surface area contributed by atoms with Gasteiger partial charge >= 0.3 is 12.1 Å². The molecule has 3 heterocycles. The van der Waals surface area contributed by atoms with Crippen LogP contribution in [0.25, 0.3) is 22.9 Å². The molecule has 3 N–H and O–H groups in total. The molecule has 0 radical (unpaired) electrons. The van der Waals surface area contributed by atoms with Crippen molar-refractivity contribution >= 4 is 47.0 Å². The van der Waals surface area contributed by atoms with Gasteiger partial charge in [-0.25, -0.2) is 9.59 Å². The maximum absolute atomic E-state index is 13.3. The molecular formula is C31H31ClN8O5. The van der Waals surface area contributed by atoms with Crippen LogP contribution in [-0.2, 0) is 19.1 Å². The number of amides is 2. The van der Waals surface area contributed by atoms with Gasteiger partial charge in [-0.15, -0.1) is 5.10 Å². The molecule has 5 rings (SSSR count). The van der Waals surface area contributed by atoms with E-state index in [9.17, 15) is 14.4 Å². The molecule has 13 nitrogen and oxygen atoms in total. The Hall–Kier alpha value is -5.30. The van der Waals surface area contributed by atoms with E-state index in [0.717, 1.165) is 16.7 Å². The summed E-state index contributed by atoms with van der Waals surface area (Å²) in [7, 11) is 2.62. The van der Waals surface area contributed by atoms with Gasteiger partial charge in [0, 0.05) is 51.6 Å². The van der Waals surface area contributed by atoms with E-state index in [1.807, 2.05) is 12.1 Å². The number of carbonyl (C=O) groups excluding carboxylic acids is 3. The fourth-order valence-corrected chi connectivity index (χ4v) is 5.26. The Bertz CT molecular complexity index is 1710. The highest BCUT2D eigenvalue weighted by atomic mass is 35.5. The maximum Gasteiger partial charge on any atom is 0.411 e. The zero-order chi connectivity index (χ0) is 31.8. The standard InChI is InChI=1S/C31H31ClN8O5/c1-44-30(42)26-6-4-3-5-25(37-29(41)12-7-19-14-22(32)8-11-28(19)40-18-34-38-39-40)21-13-20(16-33-17-21)24-10-9-23(15-27(24)36-26)35-31(43)45-2/h7-18,25-26,36H,3-6H2,1-2H3,(H,35,43)(H,37,41)/b12-7+/t25-,26+/m0/s1. The van der Waals surface area contributed by atoms with E-state index < -0.39 is 18.1 Å². The Kier molecular flexibility index (Phi) is 10.00. The number of fused-ring (bicyclic) bond motifs is 4. The SMILES string of the molecule is COC(=O)Nc1ccc2c(c1)N[C@@H](C(=O)OC)CCCC[C@H](NC(=O)/C=C/c1cc(Cl)ccc1-n1cnnn1)c1cncc-2c1. The molecule has 1 aliphatic heterocycles. The van der Waals surface area contributed by atoms with Crippen LogP contribution in [0.15, 0.2) is 67.3 Å². The monoisotopic (exact) mass is 630 g/mol. The number of rotatable bonds is 6. The van der Waals surface area contributed by atoms with E-state index in [-0.39, 0.29) is 11.9 Å². The lowest BCUT2D eigenvalue weighted by Gasteiger charge is -2.24. The fraction of sp³-hybridized carbons (Fsp3) is 0.258. The van der Waals surface area contributed by atoms with Crippen LogP contribution in [0.5, 0.6) is 0 Å². The molecule has 232 valence electrons. The molecule has 0 saturated carbocycles. The lowest BCUT2D eigenvalue weighted by molar-refractivity contribution is -0.141. The zero-order valence-electron chi connectivity index (χ0n) is 24.6. The summed E-state index contributed by atoms with van der Waals surface area (Å²) in [4.78, 5) is 42.3. The van der Waals surface area contributed by atoms with Gasteiger partial charge in [0.1, 0.15) is 12.4 Å². The lowest BCUT2D eigenvalue weighted by atomic mass is 9.95. The number of aromatic nitrogens is 5. The first-order valence-corrected chi connectivity index (χ1v) is 14.5. The van der Waals surface area contributed by atoms with Crippen molar-refractivity contribution in [3.05, 3.63) is 83.4 Å². The molecule has 0 unspecified atom stereocenters. The van der Waals surface area contributed by atoms with Crippen molar-refractivity contribution in [1.29, 1.82) is 0 Å². The highest BCUT2D eigenvalue weighted by molar-refractivity contribution is 6.30. The third-order valence-corrected chi connectivity index (χ3v) is 7.53. The van der Waals surface area contributed by atoms with E-state index in [1.165, 1.54) is 31.3 Å². The first kappa shape index (κ1) is 31.1. The maximum atomic E-state index is 13.3. The van der Waals surface area contributed by atoms with E-state index in [0.29, 0.717) is 53.3 Å². The number of carbonyl (C=O) groups is 3. The Morgan fingerprint density at radius 3 is 2.67 bits per heavy atom. The zero-order valence-corrected chi connectivity index (χ0v) is 25.3. The molecule has 2 aromatic heterocycles. The van der Waals surface area contributed by atoms with Gasteiger partial charge in [0.15, 0.2) is 0 Å². The van der Waals surface area contributed by atoms with Crippen LogP contribution in [0.1, 0.15) is 42.9 Å². The van der Waals surface area contributed by atoms with Crippen LogP contribution in [-0.4, -0.2) is 63.4 Å². The van der Waals surface area contributed by atoms with Crippen LogP contribution in [0.2, 0.25) is 5.02 Å². The normalized spacial score (nSPS) is 16.3. The molecule has 2 aromatic carbocycles. The molecule has 0 spiro atoms. The number of nitrogens with one attached hydrogen (secondary N) is 3. The van der Waals surface area contributed by atoms with Gasteiger partial charge in [0.05, 0.1) is 25.9 Å². The summed E-state index contributed by atoms with van der Waals surface area (Å²) in [5.41, 5.74) is 4.72. The smallest absolute Gasteiger partial charge is 0.411 e. The summed E-state index contributed by atoms with van der Waals surface area (Å²) in [5.74, 6) is -0.721. The molecule has 45 heavy (non-hydrogen) atoms. The minimum atomic E-state index is -0.638. The molecule has 2 atom stereocenters. The predicted octanol–water partition coefficient (Wildman–Crippen LogP) is 4.95. The number of hydrogen-bond donors (Lipinski definition) is 3. The average molecular weight is 631 g/mol. The number of ether oxygens (including phenoxy) is 2. The Labute approximate surface area is 264 Å². The molecular weight excluding hydrogens is 600 g/mol. The summed E-state index contributed by atoms with van der Waals surface area (Å²) in [5, 5.41) is 20.9. The van der Waals surface area contributed by atoms with Crippen molar-refractivity contribution in [3.63, 3.8) is 0 Å². The number of halogens is 1. The molecule has 4 aromatic rings. The fourth-order valence-electron chi connectivity index (χ4n) is 5.08. The van der Waals surface area contributed by atoms with Crippen molar-refractivity contribution in [2.75, 3.05) is 24.9 Å². The van der Waals surface area contributed by atoms with Crippen LogP contribution in [0.3, 0.4) is 0 Å². The summed E-state index contributed by atoms with van der Waals surface area (Å²) < 4.78 is 11.3. The minimum absolute atomic E-state index is 0.312. The van der Waals surface area contributed by atoms with Crippen molar-refractivity contribution in [2.24, 2.45) is 0 Å². The van der Waals surface area contributed by atoms with E-state index in [2.05, 4.69) is 36.5 Å². The molecule has 2 bridgehead atoms. The van der Waals surface area contributed by atoms with E-state index >= 15 is 0 Å². The number of hydrogen-bond acceptors (Lipinski definition) is 10. The number of benzene rings is 2. The number of pyridine rings is 1. The van der Waals surface area contributed by atoms with Crippen molar-refractivity contribution in [1.82, 2.24) is 30.5 Å². The molecule has 0 saturated heterocycles. The number of methoxy groups -OCH3 is 2. The summed E-state index contributed by atoms with van der Waals surface area (Å²) in [6.45, 7) is 0. The number of nitrogens with zero attached hydrogens (tertiary/aromatic N) is 5. The second kappa shape index (κ2) is 14.4. The van der Waals surface area contributed by atoms with Gasteiger partial charge in [0.25, 0.3) is 0 Å². The summed E-state index contributed by atoms with van der Waals surface area (Å²) in [6, 6.07) is 11.4. The quantitative estimate of drug-likeness (QED) is 0.196. The molecule has 0 fully saturated rings. The van der Waals surface area contributed by atoms with Crippen molar-refractivity contribution < 1.29 is 23.9 Å². The van der Waals surface area contributed by atoms with Gasteiger partial charge in [-0.2, -0.15) is 4.68 Å². The van der Waals surface area contributed by atoms with Crippen molar-refractivity contribution in [3.8, 4) is 16.8 Å². The van der Waals surface area contributed by atoms with Gasteiger partial charge in [0.2, 0.25) is 5.91 Å². The van der Waals surface area contributed by atoms with Gasteiger partial charge < -0.3 is 20.1 Å². The molecule has 14 heteroatoms. The topological polar surface area (TPSA) is 162 Å². The minimum Gasteiger partial charge on any atom is -0.467 e. The van der Waals surface area contributed by atoms with Crippen LogP contribution >= 0.6 is 11.6 Å². The Balaban J connectivity index is 1.45. The predicted molar refractivity (Wildman–Crippen MR) is 168 cm³/mol. The Morgan fingerprint density at radius 2 is 1.89 bits per heavy atom. The first-order chi connectivity index (χ1) is 21.8. The van der Waals surface area contributed by atoms with Crippen LogP contribution in [0.4, 0.5) is 16.2 Å². The summed E-state index contributed by atoms with van der Waals surface area (Å²) >= 11 is 6.23. The average Bonchev–Trinajstić information content (AvgIpc) is 3.59. The second-order valence-electron chi connectivity index (χ2n) is 10.2. The Morgan fingerprint density at radius 1 is 1.04 bits per heavy atom. The lowest BCUT2D eigenvalue weighted by Crippen LogP contribution is -2.31. The second-order valence-corrected chi connectivity index (χ2v) is 10.7. The van der Waals surface area contributed by atoms with Gasteiger partial charge in [-0.05, 0) is 71.3 Å². The highest BCUT2D eigenvalue weighted by Gasteiger charge is 2.23. The van der Waals surface area contributed by atoms with Gasteiger partial charge in [-0.1, -0.05) is 30.5 Å². The van der Waals surface area contributed by atoms with E-state index in [4.69, 9.17) is 21.1 Å². The molecule has 0 aliphatic carbocycles. The van der Waals surface area contributed by atoms with Crippen LogP contribution < -0.4 is 16.0 Å². The van der Waals surface area contributed by atoms with E-state index in [1.54, 1.807) is 48.8 Å². The number of anilines is 2. The van der Waals surface area contributed by atoms with Gasteiger partial charge in [-0.3, -0.25) is 15.1 Å². The molecule has 2 amide bonds. The molecule has 1 aliphatic rings. The van der Waals surface area contributed by atoms with Crippen molar-refractivity contribution in [2.45, 2.75) is 37.8 Å². The number of esters is 1. The summed E-state index contributed by atoms with van der Waals surface area (Å²) in [6.07, 6.45) is 9.86. The third-order valence-electron chi connectivity index (χ3n) is 7.29. The largest absolute Gasteiger partial charge is 0.467 e. The highest BCUT2D eigenvalue weighted by Crippen LogP contribution is 2.34. The first-order valence-electron chi connectivity index (χ1n) is 14.1. The third kappa shape index (κ3) is 7.81.